The van der Waals surface area contributed by atoms with Gasteiger partial charge in [0, 0.05) is 11.8 Å². The average molecular weight is 299 g/mol. The predicted octanol–water partition coefficient (Wildman–Crippen LogP) is 2.89. The molecular formula is C13H15BrO3. The third kappa shape index (κ3) is 3.97. The van der Waals surface area contributed by atoms with Crippen molar-refractivity contribution in [1.82, 2.24) is 0 Å². The predicted molar refractivity (Wildman–Crippen MR) is 69.4 cm³/mol. The van der Waals surface area contributed by atoms with Gasteiger partial charge in [0.25, 0.3) is 0 Å². The molecule has 0 bridgehead atoms. The fourth-order valence-corrected chi connectivity index (χ4v) is 1.90. The SMILES string of the molecule is CCOC(=O)c1ccc(CBr)cc1CC(C)=O. The largest absolute Gasteiger partial charge is 0.462 e. The van der Waals surface area contributed by atoms with Gasteiger partial charge in [0.1, 0.15) is 5.78 Å². The van der Waals surface area contributed by atoms with E-state index in [1.807, 2.05) is 12.1 Å². The zero-order valence-electron chi connectivity index (χ0n) is 9.96. The maximum Gasteiger partial charge on any atom is 0.338 e. The van der Waals surface area contributed by atoms with Crippen LogP contribution in [0.25, 0.3) is 0 Å². The Kier molecular flexibility index (Phi) is 5.35. The maximum atomic E-state index is 11.7. The lowest BCUT2D eigenvalue weighted by molar-refractivity contribution is -0.116. The van der Waals surface area contributed by atoms with Crippen LogP contribution in [0.2, 0.25) is 0 Å². The number of ketones is 1. The van der Waals surface area contributed by atoms with Crippen LogP contribution in [0.4, 0.5) is 0 Å². The molecule has 0 aromatic heterocycles. The lowest BCUT2D eigenvalue weighted by Gasteiger charge is -2.09. The molecule has 0 atom stereocenters. The van der Waals surface area contributed by atoms with E-state index >= 15 is 0 Å². The molecule has 0 radical (unpaired) electrons. The van der Waals surface area contributed by atoms with Crippen LogP contribution in [0.1, 0.15) is 35.3 Å². The molecule has 0 N–H and O–H groups in total. The molecule has 0 heterocycles. The van der Waals surface area contributed by atoms with E-state index in [2.05, 4.69) is 15.9 Å². The molecule has 1 rings (SSSR count). The highest BCUT2D eigenvalue weighted by molar-refractivity contribution is 9.08. The topological polar surface area (TPSA) is 43.4 Å². The number of esters is 1. The molecule has 0 saturated carbocycles. The van der Waals surface area contributed by atoms with Gasteiger partial charge in [-0.15, -0.1) is 0 Å². The highest BCUT2D eigenvalue weighted by Gasteiger charge is 2.14. The average Bonchev–Trinajstić information content (AvgIpc) is 2.28. The summed E-state index contributed by atoms with van der Waals surface area (Å²) in [5, 5.41) is 0.695. The summed E-state index contributed by atoms with van der Waals surface area (Å²) in [6.07, 6.45) is 0.259. The second kappa shape index (κ2) is 6.55. The first-order valence-corrected chi connectivity index (χ1v) is 6.55. The molecule has 3 nitrogen and oxygen atoms in total. The molecule has 1 aromatic carbocycles. The van der Waals surface area contributed by atoms with Gasteiger partial charge >= 0.3 is 5.97 Å². The molecule has 0 fully saturated rings. The highest BCUT2D eigenvalue weighted by Crippen LogP contribution is 2.16. The number of hydrogen-bond donors (Lipinski definition) is 0. The van der Waals surface area contributed by atoms with Gasteiger partial charge in [0.05, 0.1) is 12.2 Å². The summed E-state index contributed by atoms with van der Waals surface area (Å²) in [6.45, 7) is 3.60. The molecule has 0 unspecified atom stereocenters. The first-order valence-electron chi connectivity index (χ1n) is 5.42. The number of alkyl halides is 1. The summed E-state index contributed by atoms with van der Waals surface area (Å²) in [6, 6.07) is 5.43. The van der Waals surface area contributed by atoms with E-state index in [0.717, 1.165) is 11.1 Å². The van der Waals surface area contributed by atoms with Gasteiger partial charge in [-0.25, -0.2) is 4.79 Å². The fraction of sp³-hybridized carbons (Fsp3) is 0.385. The van der Waals surface area contributed by atoms with Crippen molar-refractivity contribution in [1.29, 1.82) is 0 Å². The van der Waals surface area contributed by atoms with Crippen LogP contribution >= 0.6 is 15.9 Å². The second-order valence-corrected chi connectivity index (χ2v) is 4.29. The van der Waals surface area contributed by atoms with Crippen molar-refractivity contribution < 1.29 is 14.3 Å². The number of ether oxygens (including phenoxy) is 1. The van der Waals surface area contributed by atoms with Gasteiger partial charge in [-0.3, -0.25) is 4.79 Å². The van der Waals surface area contributed by atoms with Crippen LogP contribution in [0, 0.1) is 0 Å². The molecule has 0 aliphatic carbocycles. The fourth-order valence-electron chi connectivity index (χ4n) is 1.55. The number of halogens is 1. The minimum atomic E-state index is -0.370. The summed E-state index contributed by atoms with van der Waals surface area (Å²) < 4.78 is 4.96. The summed E-state index contributed by atoms with van der Waals surface area (Å²) in [4.78, 5) is 22.9. The van der Waals surface area contributed by atoms with Crippen LogP contribution in [-0.4, -0.2) is 18.4 Å². The molecule has 0 aliphatic heterocycles. The minimum absolute atomic E-state index is 0.0299. The van der Waals surface area contributed by atoms with E-state index in [-0.39, 0.29) is 18.2 Å². The van der Waals surface area contributed by atoms with Crippen LogP contribution in [0.15, 0.2) is 18.2 Å². The summed E-state index contributed by atoms with van der Waals surface area (Å²) in [7, 11) is 0. The van der Waals surface area contributed by atoms with Crippen molar-refractivity contribution >= 4 is 27.7 Å². The normalized spacial score (nSPS) is 10.1. The Labute approximate surface area is 109 Å². The van der Waals surface area contributed by atoms with E-state index in [1.165, 1.54) is 6.92 Å². The molecule has 92 valence electrons. The molecule has 1 aromatic rings. The summed E-state index contributed by atoms with van der Waals surface area (Å²) in [5.74, 6) is -0.341. The Balaban J connectivity index is 3.09. The lowest BCUT2D eigenvalue weighted by atomic mass is 10.0. The second-order valence-electron chi connectivity index (χ2n) is 3.72. The Morgan fingerprint density at radius 2 is 2.06 bits per heavy atom. The molecule has 4 heteroatoms. The van der Waals surface area contributed by atoms with Crippen LogP contribution in [0.5, 0.6) is 0 Å². The molecule has 0 saturated heterocycles. The van der Waals surface area contributed by atoms with Crippen molar-refractivity contribution in [2.75, 3.05) is 6.61 Å². The molecule has 0 amide bonds. The number of carbonyl (C=O) groups is 2. The number of Topliss-reactive ketones (excluding diaryl/α,β-unsaturated/α-hetero) is 1. The maximum absolute atomic E-state index is 11.7. The summed E-state index contributed by atoms with van der Waals surface area (Å²) >= 11 is 3.35. The van der Waals surface area contributed by atoms with E-state index in [0.29, 0.717) is 17.5 Å². The smallest absolute Gasteiger partial charge is 0.338 e. The van der Waals surface area contributed by atoms with Gasteiger partial charge in [0.15, 0.2) is 0 Å². The van der Waals surface area contributed by atoms with Crippen molar-refractivity contribution in [2.24, 2.45) is 0 Å². The van der Waals surface area contributed by atoms with Gasteiger partial charge in [-0.05, 0) is 31.0 Å². The standard InChI is InChI=1S/C13H15BrO3/c1-3-17-13(16)12-5-4-10(8-14)7-11(12)6-9(2)15/h4-5,7H,3,6,8H2,1-2H3. The van der Waals surface area contributed by atoms with Gasteiger partial charge < -0.3 is 4.74 Å². The van der Waals surface area contributed by atoms with Crippen LogP contribution < -0.4 is 0 Å². The van der Waals surface area contributed by atoms with E-state index in [1.54, 1.807) is 13.0 Å². The number of carbonyl (C=O) groups excluding carboxylic acids is 2. The quantitative estimate of drug-likeness (QED) is 0.620. The zero-order valence-corrected chi connectivity index (χ0v) is 11.5. The Morgan fingerprint density at radius 1 is 1.35 bits per heavy atom. The van der Waals surface area contributed by atoms with Crippen molar-refractivity contribution in [2.45, 2.75) is 25.6 Å². The van der Waals surface area contributed by atoms with Crippen LogP contribution in [-0.2, 0) is 21.3 Å². The van der Waals surface area contributed by atoms with Gasteiger partial charge in [0.2, 0.25) is 0 Å². The van der Waals surface area contributed by atoms with E-state index in [9.17, 15) is 9.59 Å². The van der Waals surface area contributed by atoms with Crippen molar-refractivity contribution in [3.63, 3.8) is 0 Å². The number of benzene rings is 1. The third-order valence-corrected chi connectivity index (χ3v) is 2.91. The molecular weight excluding hydrogens is 284 g/mol. The Bertz CT molecular complexity index is 427. The first kappa shape index (κ1) is 13.9. The van der Waals surface area contributed by atoms with E-state index < -0.39 is 0 Å². The number of hydrogen-bond acceptors (Lipinski definition) is 3. The minimum Gasteiger partial charge on any atom is -0.462 e. The Morgan fingerprint density at radius 3 is 2.59 bits per heavy atom. The van der Waals surface area contributed by atoms with E-state index in [4.69, 9.17) is 4.74 Å². The van der Waals surface area contributed by atoms with Crippen molar-refractivity contribution in [3.05, 3.63) is 34.9 Å². The van der Waals surface area contributed by atoms with Gasteiger partial charge in [-0.2, -0.15) is 0 Å². The van der Waals surface area contributed by atoms with Crippen molar-refractivity contribution in [3.8, 4) is 0 Å². The highest BCUT2D eigenvalue weighted by atomic mass is 79.9. The first-order chi connectivity index (χ1) is 8.08. The summed E-state index contributed by atoms with van der Waals surface area (Å²) in [5.41, 5.74) is 2.24. The lowest BCUT2D eigenvalue weighted by Crippen LogP contribution is -2.10. The van der Waals surface area contributed by atoms with Crippen LogP contribution in [0.3, 0.4) is 0 Å². The molecule has 17 heavy (non-hydrogen) atoms. The third-order valence-electron chi connectivity index (χ3n) is 2.26. The monoisotopic (exact) mass is 298 g/mol. The molecule has 0 aliphatic rings. The Hall–Kier alpha value is -1.16. The zero-order chi connectivity index (χ0) is 12.8. The van der Waals surface area contributed by atoms with Gasteiger partial charge in [-0.1, -0.05) is 28.1 Å². The molecule has 0 spiro atoms. The number of rotatable bonds is 5.